The zero-order chi connectivity index (χ0) is 25.7. The number of ether oxygens (including phenoxy) is 1. The van der Waals surface area contributed by atoms with Crippen molar-refractivity contribution >= 4 is 29.1 Å². The van der Waals surface area contributed by atoms with Gasteiger partial charge < -0.3 is 9.64 Å². The van der Waals surface area contributed by atoms with E-state index in [1.54, 1.807) is 24.3 Å². The Morgan fingerprint density at radius 1 is 1.03 bits per heavy atom. The number of imide groups is 1. The van der Waals surface area contributed by atoms with Crippen LogP contribution in [0, 0.1) is 10.1 Å². The van der Waals surface area contributed by atoms with E-state index < -0.39 is 28.7 Å². The first kappa shape index (κ1) is 24.6. The first-order valence-electron chi connectivity index (χ1n) is 11.6. The van der Waals surface area contributed by atoms with Gasteiger partial charge in [0, 0.05) is 24.2 Å². The fraction of sp³-hybridized carbons (Fsp3) is 0.222. The van der Waals surface area contributed by atoms with Gasteiger partial charge in [-0.15, -0.1) is 0 Å². The highest BCUT2D eigenvalue weighted by molar-refractivity contribution is 6.23. The molecule has 3 aromatic rings. The third-order valence-corrected chi connectivity index (χ3v) is 5.98. The van der Waals surface area contributed by atoms with Gasteiger partial charge in [-0.3, -0.25) is 24.5 Å². The van der Waals surface area contributed by atoms with Gasteiger partial charge in [0.1, 0.15) is 11.8 Å². The summed E-state index contributed by atoms with van der Waals surface area (Å²) in [5.74, 6) is -0.752. The molecule has 36 heavy (non-hydrogen) atoms. The third-order valence-electron chi connectivity index (χ3n) is 5.98. The minimum atomic E-state index is -0.990. The molecule has 1 aliphatic rings. The molecule has 1 heterocycles. The number of benzene rings is 3. The third kappa shape index (κ3) is 5.25. The number of amides is 3. The summed E-state index contributed by atoms with van der Waals surface area (Å²) in [7, 11) is 0. The molecule has 1 aliphatic heterocycles. The second-order valence-electron chi connectivity index (χ2n) is 8.25. The van der Waals surface area contributed by atoms with Gasteiger partial charge in [-0.25, -0.2) is 4.90 Å². The molecule has 9 nitrogen and oxygen atoms in total. The number of carbonyl (C=O) groups excluding carboxylic acids is 3. The lowest BCUT2D eigenvalue weighted by atomic mass is 10.1. The highest BCUT2D eigenvalue weighted by Gasteiger charge is 2.44. The minimum absolute atomic E-state index is 0.142. The van der Waals surface area contributed by atoms with Crippen LogP contribution < -0.4 is 9.64 Å². The number of nitro benzene ring substituents is 1. The molecule has 0 saturated carbocycles. The van der Waals surface area contributed by atoms with E-state index in [4.69, 9.17) is 4.74 Å². The molecule has 3 aromatic carbocycles. The van der Waals surface area contributed by atoms with E-state index in [0.29, 0.717) is 24.5 Å². The molecule has 1 unspecified atom stereocenters. The number of hydrogen-bond acceptors (Lipinski definition) is 6. The summed E-state index contributed by atoms with van der Waals surface area (Å²) in [6.45, 7) is 2.54. The summed E-state index contributed by atoms with van der Waals surface area (Å²) in [5.41, 5.74) is 1.44. The van der Waals surface area contributed by atoms with Crippen molar-refractivity contribution in [2.24, 2.45) is 0 Å². The van der Waals surface area contributed by atoms with Crippen molar-refractivity contribution < 1.29 is 24.0 Å². The number of carbonyl (C=O) groups is 3. The van der Waals surface area contributed by atoms with E-state index in [-0.39, 0.29) is 24.2 Å². The standard InChI is InChI=1S/C27H25N3O6/c1-2-36-23-14-12-21(13-15-23)29-25(31)18-24(27(29)33)28(17-16-19-6-4-3-5-7-19)26(32)20-8-10-22(11-9-20)30(34)35/h3-15,24H,2,16-18H2,1H3. The molecule has 0 radical (unpaired) electrons. The SMILES string of the molecule is CCOc1ccc(N2C(=O)CC(N(CCc3ccccc3)C(=O)c3ccc([N+](=O)[O-])cc3)C2=O)cc1. The molecule has 3 amide bonds. The monoisotopic (exact) mass is 487 g/mol. The Morgan fingerprint density at radius 2 is 1.69 bits per heavy atom. The van der Waals surface area contributed by atoms with Gasteiger partial charge in [0.2, 0.25) is 5.91 Å². The Kier molecular flexibility index (Phi) is 7.39. The van der Waals surface area contributed by atoms with Crippen LogP contribution in [0.25, 0.3) is 0 Å². The maximum Gasteiger partial charge on any atom is 0.269 e. The maximum atomic E-state index is 13.5. The number of anilines is 1. The van der Waals surface area contributed by atoms with Gasteiger partial charge in [-0.2, -0.15) is 0 Å². The molecule has 9 heteroatoms. The quantitative estimate of drug-likeness (QED) is 0.256. The minimum Gasteiger partial charge on any atom is -0.494 e. The van der Waals surface area contributed by atoms with Crippen molar-refractivity contribution in [1.29, 1.82) is 0 Å². The summed E-state index contributed by atoms with van der Waals surface area (Å²) in [6, 6.07) is 20.4. The molecule has 0 spiro atoms. The van der Waals surface area contributed by atoms with E-state index >= 15 is 0 Å². The zero-order valence-corrected chi connectivity index (χ0v) is 19.7. The summed E-state index contributed by atoms with van der Waals surface area (Å²) in [5, 5.41) is 11.0. The molecule has 1 saturated heterocycles. The van der Waals surface area contributed by atoms with Crippen molar-refractivity contribution in [2.45, 2.75) is 25.8 Å². The van der Waals surface area contributed by atoms with E-state index in [1.807, 2.05) is 37.3 Å². The van der Waals surface area contributed by atoms with Crippen LogP contribution in [0.1, 0.15) is 29.3 Å². The molecule has 184 valence electrons. The molecule has 0 bridgehead atoms. The molecule has 0 N–H and O–H groups in total. The van der Waals surface area contributed by atoms with Crippen molar-refractivity contribution in [3.8, 4) is 5.75 Å². The topological polar surface area (TPSA) is 110 Å². The molecule has 4 rings (SSSR count). The second kappa shape index (κ2) is 10.8. The number of nitrogens with zero attached hydrogens (tertiary/aromatic N) is 3. The van der Waals surface area contributed by atoms with Gasteiger partial charge in [0.15, 0.2) is 0 Å². The predicted molar refractivity (Wildman–Crippen MR) is 133 cm³/mol. The normalized spacial score (nSPS) is 15.1. The average molecular weight is 488 g/mol. The number of non-ortho nitro benzene ring substituents is 1. The Bertz CT molecular complexity index is 1260. The van der Waals surface area contributed by atoms with Crippen LogP contribution in [0.3, 0.4) is 0 Å². The van der Waals surface area contributed by atoms with Gasteiger partial charge >= 0.3 is 0 Å². The largest absolute Gasteiger partial charge is 0.494 e. The number of hydrogen-bond donors (Lipinski definition) is 0. The van der Waals surface area contributed by atoms with Crippen LogP contribution >= 0.6 is 0 Å². The average Bonchev–Trinajstić information content (AvgIpc) is 3.18. The maximum absolute atomic E-state index is 13.5. The van der Waals surface area contributed by atoms with Crippen molar-refractivity contribution in [3.05, 3.63) is 100 Å². The summed E-state index contributed by atoms with van der Waals surface area (Å²) < 4.78 is 5.43. The molecular formula is C27H25N3O6. The zero-order valence-electron chi connectivity index (χ0n) is 19.7. The molecule has 0 aromatic heterocycles. The number of rotatable bonds is 9. The number of nitro groups is 1. The van der Waals surface area contributed by atoms with Crippen LogP contribution in [-0.4, -0.2) is 46.7 Å². The van der Waals surface area contributed by atoms with Crippen molar-refractivity contribution in [2.75, 3.05) is 18.1 Å². The molecule has 1 fully saturated rings. The van der Waals surface area contributed by atoms with Gasteiger partial charge in [-0.1, -0.05) is 30.3 Å². The van der Waals surface area contributed by atoms with Gasteiger partial charge in [0.05, 0.1) is 23.6 Å². The lowest BCUT2D eigenvalue weighted by Crippen LogP contribution is -2.46. The predicted octanol–water partition coefficient (Wildman–Crippen LogP) is 4.01. The highest BCUT2D eigenvalue weighted by atomic mass is 16.6. The summed E-state index contributed by atoms with van der Waals surface area (Å²) in [4.78, 5) is 52.8. The summed E-state index contributed by atoms with van der Waals surface area (Å²) in [6.07, 6.45) is 0.320. The first-order valence-corrected chi connectivity index (χ1v) is 11.6. The van der Waals surface area contributed by atoms with E-state index in [0.717, 1.165) is 10.5 Å². The highest BCUT2D eigenvalue weighted by Crippen LogP contribution is 2.28. The van der Waals surface area contributed by atoms with Crippen molar-refractivity contribution in [1.82, 2.24) is 4.90 Å². The Hall–Kier alpha value is -4.53. The van der Waals surface area contributed by atoms with Crippen LogP contribution in [0.2, 0.25) is 0 Å². The fourth-order valence-electron chi connectivity index (χ4n) is 4.17. The van der Waals surface area contributed by atoms with E-state index in [9.17, 15) is 24.5 Å². The van der Waals surface area contributed by atoms with Crippen LogP contribution in [0.5, 0.6) is 5.75 Å². The molecule has 1 atom stereocenters. The van der Waals surface area contributed by atoms with E-state index in [1.165, 1.54) is 29.2 Å². The molecular weight excluding hydrogens is 462 g/mol. The Morgan fingerprint density at radius 3 is 2.31 bits per heavy atom. The van der Waals surface area contributed by atoms with Crippen LogP contribution in [0.15, 0.2) is 78.9 Å². The van der Waals surface area contributed by atoms with E-state index in [2.05, 4.69) is 0 Å². The molecule has 0 aliphatic carbocycles. The Labute approximate surface area is 208 Å². The van der Waals surface area contributed by atoms with Crippen LogP contribution in [0.4, 0.5) is 11.4 Å². The Balaban J connectivity index is 1.61. The second-order valence-corrected chi connectivity index (χ2v) is 8.25. The fourth-order valence-corrected chi connectivity index (χ4v) is 4.17. The van der Waals surface area contributed by atoms with Gasteiger partial charge in [0.25, 0.3) is 17.5 Å². The van der Waals surface area contributed by atoms with Gasteiger partial charge in [-0.05, 0) is 55.3 Å². The lowest BCUT2D eigenvalue weighted by molar-refractivity contribution is -0.384. The summed E-state index contributed by atoms with van der Waals surface area (Å²) >= 11 is 0. The first-order chi connectivity index (χ1) is 17.4. The van der Waals surface area contributed by atoms with Crippen LogP contribution in [-0.2, 0) is 16.0 Å². The van der Waals surface area contributed by atoms with Crippen molar-refractivity contribution in [3.63, 3.8) is 0 Å². The smallest absolute Gasteiger partial charge is 0.269 e. The lowest BCUT2D eigenvalue weighted by Gasteiger charge is -2.28.